The predicted molar refractivity (Wildman–Crippen MR) is 97.0 cm³/mol. The minimum atomic E-state index is -3.47. The van der Waals surface area contributed by atoms with Crippen LogP contribution in [0.3, 0.4) is 0 Å². The Hall–Kier alpha value is -1.44. The SMILES string of the molecule is CC1CCN(S(=O)(=O)c2ccc(C(=O)N3CCNCC3C)cc2)CC1. The molecule has 2 aliphatic heterocycles. The average molecular weight is 365 g/mol. The molecular formula is C18H27N3O3S. The first kappa shape index (κ1) is 18.4. The third kappa shape index (κ3) is 3.88. The molecule has 1 aromatic carbocycles. The maximum atomic E-state index is 12.8. The van der Waals surface area contributed by atoms with Crippen molar-refractivity contribution < 1.29 is 13.2 Å². The molecule has 25 heavy (non-hydrogen) atoms. The molecule has 1 atom stereocenters. The zero-order valence-corrected chi connectivity index (χ0v) is 15.8. The quantitative estimate of drug-likeness (QED) is 0.882. The molecule has 2 saturated heterocycles. The van der Waals surface area contributed by atoms with E-state index < -0.39 is 10.0 Å². The van der Waals surface area contributed by atoms with Gasteiger partial charge in [0.2, 0.25) is 10.0 Å². The second-order valence-corrected chi connectivity index (χ2v) is 9.10. The standard InChI is InChI=1S/C18H27N3O3S/c1-14-7-10-20(11-8-14)25(23,24)17-5-3-16(4-6-17)18(22)21-12-9-19-13-15(21)2/h3-6,14-15,19H,7-13H2,1-2H3. The van der Waals surface area contributed by atoms with Crippen molar-refractivity contribution in [1.29, 1.82) is 0 Å². The Balaban J connectivity index is 1.74. The van der Waals surface area contributed by atoms with Gasteiger partial charge >= 0.3 is 0 Å². The normalized spacial score (nSPS) is 23.6. The van der Waals surface area contributed by atoms with Crippen molar-refractivity contribution in [1.82, 2.24) is 14.5 Å². The van der Waals surface area contributed by atoms with E-state index in [-0.39, 0.29) is 16.8 Å². The zero-order valence-electron chi connectivity index (χ0n) is 14.9. The highest BCUT2D eigenvalue weighted by atomic mass is 32.2. The van der Waals surface area contributed by atoms with Gasteiger partial charge in [-0.15, -0.1) is 0 Å². The lowest BCUT2D eigenvalue weighted by molar-refractivity contribution is 0.0655. The summed E-state index contributed by atoms with van der Waals surface area (Å²) < 4.78 is 27.1. The molecule has 0 saturated carbocycles. The summed E-state index contributed by atoms with van der Waals surface area (Å²) in [4.78, 5) is 14.8. The first-order valence-corrected chi connectivity index (χ1v) is 10.5. The number of nitrogens with one attached hydrogen (secondary N) is 1. The molecule has 0 radical (unpaired) electrons. The van der Waals surface area contributed by atoms with Gasteiger partial charge in [0.05, 0.1) is 4.90 Å². The van der Waals surface area contributed by atoms with Crippen LogP contribution in [0.5, 0.6) is 0 Å². The molecule has 1 aromatic rings. The highest BCUT2D eigenvalue weighted by molar-refractivity contribution is 7.89. The number of rotatable bonds is 3. The fourth-order valence-electron chi connectivity index (χ4n) is 3.45. The maximum Gasteiger partial charge on any atom is 0.254 e. The van der Waals surface area contributed by atoms with Gasteiger partial charge in [0.15, 0.2) is 0 Å². The molecule has 1 unspecified atom stereocenters. The molecule has 0 bridgehead atoms. The van der Waals surface area contributed by atoms with E-state index in [0.717, 1.165) is 25.9 Å². The minimum absolute atomic E-state index is 0.0373. The number of nitrogens with zero attached hydrogens (tertiary/aromatic N) is 2. The van der Waals surface area contributed by atoms with Crippen LogP contribution in [0.25, 0.3) is 0 Å². The third-order valence-electron chi connectivity index (χ3n) is 5.24. The van der Waals surface area contributed by atoms with Crippen molar-refractivity contribution in [2.45, 2.75) is 37.6 Å². The van der Waals surface area contributed by atoms with Crippen LogP contribution in [-0.4, -0.2) is 62.3 Å². The maximum absolute atomic E-state index is 12.8. The first-order chi connectivity index (χ1) is 11.9. The lowest BCUT2D eigenvalue weighted by atomic mass is 10.0. The van der Waals surface area contributed by atoms with Crippen LogP contribution in [0.2, 0.25) is 0 Å². The van der Waals surface area contributed by atoms with Gasteiger partial charge in [-0.25, -0.2) is 8.42 Å². The van der Waals surface area contributed by atoms with E-state index in [1.54, 1.807) is 28.6 Å². The molecule has 1 N–H and O–H groups in total. The van der Waals surface area contributed by atoms with E-state index in [0.29, 0.717) is 31.1 Å². The Labute approximate surface area is 150 Å². The smallest absolute Gasteiger partial charge is 0.254 e. The van der Waals surface area contributed by atoms with Crippen LogP contribution < -0.4 is 5.32 Å². The van der Waals surface area contributed by atoms with E-state index in [1.165, 1.54) is 0 Å². The van der Waals surface area contributed by atoms with E-state index in [9.17, 15) is 13.2 Å². The fraction of sp³-hybridized carbons (Fsp3) is 0.611. The second-order valence-electron chi connectivity index (χ2n) is 7.16. The van der Waals surface area contributed by atoms with Crippen molar-refractivity contribution in [2.75, 3.05) is 32.7 Å². The Morgan fingerprint density at radius 1 is 1.08 bits per heavy atom. The summed E-state index contributed by atoms with van der Waals surface area (Å²) in [5, 5.41) is 3.26. The number of piperidine rings is 1. The van der Waals surface area contributed by atoms with Crippen molar-refractivity contribution in [3.05, 3.63) is 29.8 Å². The number of sulfonamides is 1. The largest absolute Gasteiger partial charge is 0.333 e. The van der Waals surface area contributed by atoms with Gasteiger partial charge in [0.1, 0.15) is 0 Å². The first-order valence-electron chi connectivity index (χ1n) is 9.01. The molecule has 3 rings (SSSR count). The van der Waals surface area contributed by atoms with Gasteiger partial charge in [-0.3, -0.25) is 4.79 Å². The van der Waals surface area contributed by atoms with Gasteiger partial charge in [0.25, 0.3) is 5.91 Å². The van der Waals surface area contributed by atoms with E-state index in [2.05, 4.69) is 12.2 Å². The van der Waals surface area contributed by atoms with Crippen LogP contribution in [-0.2, 0) is 10.0 Å². The van der Waals surface area contributed by atoms with Gasteiger partial charge < -0.3 is 10.2 Å². The molecule has 6 nitrogen and oxygen atoms in total. The molecule has 0 aromatic heterocycles. The highest BCUT2D eigenvalue weighted by Crippen LogP contribution is 2.24. The van der Waals surface area contributed by atoms with Crippen LogP contribution in [0.1, 0.15) is 37.0 Å². The van der Waals surface area contributed by atoms with Crippen molar-refractivity contribution in [3.63, 3.8) is 0 Å². The molecule has 1 amide bonds. The molecule has 0 spiro atoms. The minimum Gasteiger partial charge on any atom is -0.333 e. The van der Waals surface area contributed by atoms with Crippen LogP contribution in [0.15, 0.2) is 29.2 Å². The Bertz CT molecular complexity index is 710. The van der Waals surface area contributed by atoms with E-state index in [1.807, 2.05) is 11.8 Å². The summed E-state index contributed by atoms with van der Waals surface area (Å²) in [5.74, 6) is 0.539. The number of amides is 1. The van der Waals surface area contributed by atoms with Crippen molar-refractivity contribution >= 4 is 15.9 Å². The summed E-state index contributed by atoms with van der Waals surface area (Å²) >= 11 is 0. The number of carbonyl (C=O) groups excluding carboxylic acids is 1. The van der Waals surface area contributed by atoms with Gasteiger partial charge in [-0.1, -0.05) is 6.92 Å². The number of carbonyl (C=O) groups is 1. The second kappa shape index (κ2) is 7.43. The molecule has 7 heteroatoms. The Kier molecular flexibility index (Phi) is 5.46. The van der Waals surface area contributed by atoms with E-state index >= 15 is 0 Å². The highest BCUT2D eigenvalue weighted by Gasteiger charge is 2.29. The zero-order chi connectivity index (χ0) is 18.0. The lowest BCUT2D eigenvalue weighted by Gasteiger charge is -2.34. The number of hydrogen-bond donors (Lipinski definition) is 1. The summed E-state index contributed by atoms with van der Waals surface area (Å²) in [6, 6.07) is 6.54. The number of hydrogen-bond acceptors (Lipinski definition) is 4. The summed E-state index contributed by atoms with van der Waals surface area (Å²) in [6.07, 6.45) is 1.80. The average Bonchev–Trinajstić information content (AvgIpc) is 2.62. The summed E-state index contributed by atoms with van der Waals surface area (Å²) in [5.41, 5.74) is 0.542. The lowest BCUT2D eigenvalue weighted by Crippen LogP contribution is -2.52. The predicted octanol–water partition coefficient (Wildman–Crippen LogP) is 1.54. The Morgan fingerprint density at radius 2 is 1.72 bits per heavy atom. The van der Waals surface area contributed by atoms with Gasteiger partial charge in [-0.2, -0.15) is 4.31 Å². The molecule has 2 heterocycles. The van der Waals surface area contributed by atoms with Crippen LogP contribution >= 0.6 is 0 Å². The van der Waals surface area contributed by atoms with E-state index in [4.69, 9.17) is 0 Å². The monoisotopic (exact) mass is 365 g/mol. The number of piperazine rings is 1. The Morgan fingerprint density at radius 3 is 2.32 bits per heavy atom. The van der Waals surface area contributed by atoms with Crippen LogP contribution in [0.4, 0.5) is 0 Å². The van der Waals surface area contributed by atoms with Crippen molar-refractivity contribution in [3.8, 4) is 0 Å². The molecular weight excluding hydrogens is 338 g/mol. The third-order valence-corrected chi connectivity index (χ3v) is 7.16. The van der Waals surface area contributed by atoms with Crippen LogP contribution in [0, 0.1) is 5.92 Å². The summed E-state index contributed by atoms with van der Waals surface area (Å²) in [7, 11) is -3.47. The number of benzene rings is 1. The molecule has 138 valence electrons. The fourth-order valence-corrected chi connectivity index (χ4v) is 4.92. The summed E-state index contributed by atoms with van der Waals surface area (Å²) in [6.45, 7) is 7.56. The molecule has 2 aliphatic rings. The molecule has 0 aliphatic carbocycles. The van der Waals surface area contributed by atoms with Gasteiger partial charge in [-0.05, 0) is 49.9 Å². The topological polar surface area (TPSA) is 69.7 Å². The van der Waals surface area contributed by atoms with Crippen molar-refractivity contribution in [2.24, 2.45) is 5.92 Å². The molecule has 2 fully saturated rings. The van der Waals surface area contributed by atoms with Gasteiger partial charge in [0, 0.05) is 44.3 Å².